The highest BCUT2D eigenvalue weighted by atomic mass is 32.2. The van der Waals surface area contributed by atoms with Crippen LogP contribution >= 0.6 is 23.1 Å². The van der Waals surface area contributed by atoms with Gasteiger partial charge in [0, 0.05) is 11.3 Å². The van der Waals surface area contributed by atoms with Crippen LogP contribution in [0, 0.1) is 0 Å². The van der Waals surface area contributed by atoms with Gasteiger partial charge in [-0.05, 0) is 37.3 Å². The number of ether oxygens (including phenoxy) is 1. The number of carbonyl (C=O) groups is 2. The second kappa shape index (κ2) is 10.1. The van der Waals surface area contributed by atoms with E-state index in [0.29, 0.717) is 22.7 Å². The largest absolute Gasteiger partial charge is 0.462 e. The minimum absolute atomic E-state index is 0.0213. The average molecular weight is 471 g/mol. The van der Waals surface area contributed by atoms with E-state index >= 15 is 0 Å². The van der Waals surface area contributed by atoms with Gasteiger partial charge in [-0.1, -0.05) is 42.1 Å². The summed E-state index contributed by atoms with van der Waals surface area (Å²) in [5.41, 5.74) is 2.41. The van der Waals surface area contributed by atoms with Crippen LogP contribution < -0.4 is 10.9 Å². The van der Waals surface area contributed by atoms with E-state index in [1.54, 1.807) is 6.92 Å². The second-order valence-electron chi connectivity index (χ2n) is 7.19. The smallest absolute Gasteiger partial charge is 0.341 e. The topological polar surface area (TPSA) is 114 Å². The molecule has 1 aliphatic carbocycles. The summed E-state index contributed by atoms with van der Waals surface area (Å²) in [6.07, 6.45) is 3.11. The Labute approximate surface area is 192 Å². The van der Waals surface area contributed by atoms with Gasteiger partial charge in [-0.2, -0.15) is 0 Å². The van der Waals surface area contributed by atoms with Crippen LogP contribution in [0.1, 0.15) is 45.4 Å². The van der Waals surface area contributed by atoms with E-state index in [2.05, 4.69) is 20.5 Å². The van der Waals surface area contributed by atoms with Crippen LogP contribution in [0.4, 0.5) is 5.00 Å². The predicted octanol–water partition coefficient (Wildman–Crippen LogP) is 3.21. The molecule has 32 heavy (non-hydrogen) atoms. The quantitative estimate of drug-likeness (QED) is 0.384. The first kappa shape index (κ1) is 22.2. The Kier molecular flexibility index (Phi) is 7.01. The molecule has 0 aliphatic heterocycles. The molecule has 0 saturated heterocycles. The lowest BCUT2D eigenvalue weighted by atomic mass is 10.1. The molecule has 0 radical (unpaired) electrons. The summed E-state index contributed by atoms with van der Waals surface area (Å²) in [5.74, 6) is -0.677. The molecule has 3 aromatic rings. The zero-order valence-corrected chi connectivity index (χ0v) is 19.1. The Morgan fingerprint density at radius 1 is 1.22 bits per heavy atom. The van der Waals surface area contributed by atoms with Crippen molar-refractivity contribution in [3.8, 4) is 0 Å². The number of carbonyl (C=O) groups excluding carboxylic acids is 2. The van der Waals surface area contributed by atoms with Gasteiger partial charge in [0.1, 0.15) is 10.7 Å². The number of fused-ring (bicyclic) bond motifs is 1. The molecule has 0 saturated carbocycles. The molecule has 1 aliphatic rings. The van der Waals surface area contributed by atoms with Crippen LogP contribution in [-0.4, -0.2) is 39.4 Å². The molecule has 0 fully saturated rings. The summed E-state index contributed by atoms with van der Waals surface area (Å²) in [7, 11) is 0. The fourth-order valence-electron chi connectivity index (χ4n) is 3.52. The average Bonchev–Trinajstić information content (AvgIpc) is 3.35. The summed E-state index contributed by atoms with van der Waals surface area (Å²) in [6, 6.07) is 9.53. The normalized spacial score (nSPS) is 12.4. The minimum atomic E-state index is -0.404. The van der Waals surface area contributed by atoms with Crippen molar-refractivity contribution in [2.45, 2.75) is 37.8 Å². The number of anilines is 1. The molecule has 2 heterocycles. The third-order valence-corrected chi connectivity index (χ3v) is 7.02. The van der Waals surface area contributed by atoms with Crippen LogP contribution in [0.2, 0.25) is 0 Å². The van der Waals surface area contributed by atoms with E-state index < -0.39 is 5.97 Å². The van der Waals surface area contributed by atoms with Crippen molar-refractivity contribution in [3.05, 3.63) is 67.9 Å². The number of aryl methyl sites for hydroxylation is 1. The number of nitrogens with one attached hydrogen (secondary N) is 2. The Morgan fingerprint density at radius 2 is 2.03 bits per heavy atom. The number of thioether (sulfide) groups is 1. The van der Waals surface area contributed by atoms with E-state index in [0.717, 1.165) is 47.0 Å². The van der Waals surface area contributed by atoms with Crippen molar-refractivity contribution in [2.24, 2.45) is 0 Å². The highest BCUT2D eigenvalue weighted by Gasteiger charge is 2.28. The number of hydrogen-bond donors (Lipinski definition) is 2. The molecular weight excluding hydrogens is 448 g/mol. The molecule has 1 aromatic carbocycles. The summed E-state index contributed by atoms with van der Waals surface area (Å²) in [4.78, 5) is 41.1. The lowest BCUT2D eigenvalue weighted by molar-refractivity contribution is -0.113. The van der Waals surface area contributed by atoms with Crippen molar-refractivity contribution in [2.75, 3.05) is 17.7 Å². The summed E-state index contributed by atoms with van der Waals surface area (Å²) < 4.78 is 5.18. The Balaban J connectivity index is 1.39. The standard InChI is InChI=1S/C22H22N4O4S2/c1-2-30-21(29)18-14-9-6-10-16(14)32-20(18)23-17(27)12-31-22-24-19(28)15(25-26-22)11-13-7-4-3-5-8-13/h3-5,7-8H,2,6,9-12H2,1H3,(H,23,27)(H,24,26,28). The Hall–Kier alpha value is -2.98. The van der Waals surface area contributed by atoms with Gasteiger partial charge < -0.3 is 10.1 Å². The van der Waals surface area contributed by atoms with Gasteiger partial charge >= 0.3 is 5.97 Å². The highest BCUT2D eigenvalue weighted by molar-refractivity contribution is 7.99. The van der Waals surface area contributed by atoms with Crippen molar-refractivity contribution >= 4 is 40.0 Å². The number of aromatic nitrogens is 3. The number of H-pyrrole nitrogens is 1. The third-order valence-electron chi connectivity index (χ3n) is 4.95. The molecule has 166 valence electrons. The van der Waals surface area contributed by atoms with Crippen LogP contribution in [-0.2, 0) is 28.8 Å². The first-order valence-electron chi connectivity index (χ1n) is 10.3. The first-order valence-corrected chi connectivity index (χ1v) is 12.1. The van der Waals surface area contributed by atoms with Crippen molar-refractivity contribution in [3.63, 3.8) is 0 Å². The number of rotatable bonds is 8. The Morgan fingerprint density at radius 3 is 2.78 bits per heavy atom. The second-order valence-corrected chi connectivity index (χ2v) is 9.26. The van der Waals surface area contributed by atoms with Crippen molar-refractivity contribution in [1.29, 1.82) is 0 Å². The number of nitrogens with zero attached hydrogens (tertiary/aromatic N) is 2. The summed E-state index contributed by atoms with van der Waals surface area (Å²) >= 11 is 2.51. The lowest BCUT2D eigenvalue weighted by Gasteiger charge is -2.08. The summed E-state index contributed by atoms with van der Waals surface area (Å²) in [5, 5.41) is 11.7. The number of aromatic amines is 1. The molecule has 8 nitrogen and oxygen atoms in total. The number of thiophene rings is 1. The van der Waals surface area contributed by atoms with Gasteiger partial charge in [0.15, 0.2) is 5.16 Å². The molecule has 1 amide bonds. The predicted molar refractivity (Wildman–Crippen MR) is 124 cm³/mol. The van der Waals surface area contributed by atoms with Gasteiger partial charge in [-0.3, -0.25) is 14.6 Å². The van der Waals surface area contributed by atoms with Gasteiger partial charge in [-0.15, -0.1) is 21.5 Å². The molecule has 0 bridgehead atoms. The van der Waals surface area contributed by atoms with Gasteiger partial charge in [0.2, 0.25) is 5.91 Å². The molecule has 2 aromatic heterocycles. The lowest BCUT2D eigenvalue weighted by Crippen LogP contribution is -2.20. The van der Waals surface area contributed by atoms with Gasteiger partial charge in [-0.25, -0.2) is 4.79 Å². The molecule has 0 spiro atoms. The third kappa shape index (κ3) is 5.08. The number of hydrogen-bond acceptors (Lipinski definition) is 8. The maximum Gasteiger partial charge on any atom is 0.341 e. The van der Waals surface area contributed by atoms with Crippen LogP contribution in [0.5, 0.6) is 0 Å². The highest BCUT2D eigenvalue weighted by Crippen LogP contribution is 2.39. The fraction of sp³-hybridized carbons (Fsp3) is 0.318. The monoisotopic (exact) mass is 470 g/mol. The fourth-order valence-corrected chi connectivity index (χ4v) is 5.42. The van der Waals surface area contributed by atoms with Crippen LogP contribution in [0.15, 0.2) is 40.3 Å². The van der Waals surface area contributed by atoms with Crippen LogP contribution in [0.25, 0.3) is 0 Å². The zero-order valence-electron chi connectivity index (χ0n) is 17.5. The Bertz CT molecular complexity index is 1190. The van der Waals surface area contributed by atoms with E-state index in [-0.39, 0.29) is 29.0 Å². The van der Waals surface area contributed by atoms with Gasteiger partial charge in [0.05, 0.1) is 17.9 Å². The molecule has 2 N–H and O–H groups in total. The number of esters is 1. The zero-order chi connectivity index (χ0) is 22.5. The summed E-state index contributed by atoms with van der Waals surface area (Å²) in [6.45, 7) is 2.03. The van der Waals surface area contributed by atoms with E-state index in [1.807, 2.05) is 30.3 Å². The van der Waals surface area contributed by atoms with Gasteiger partial charge in [0.25, 0.3) is 5.56 Å². The SMILES string of the molecule is CCOC(=O)c1c(NC(=O)CSc2nnc(Cc3ccccc3)c(=O)[nH]2)sc2c1CCC2. The molecule has 10 heteroatoms. The minimum Gasteiger partial charge on any atom is -0.462 e. The van der Waals surface area contributed by atoms with E-state index in [4.69, 9.17) is 4.74 Å². The molecule has 0 unspecified atom stereocenters. The van der Waals surface area contributed by atoms with E-state index in [1.165, 1.54) is 11.3 Å². The molecule has 0 atom stereocenters. The van der Waals surface area contributed by atoms with E-state index in [9.17, 15) is 14.4 Å². The van der Waals surface area contributed by atoms with Crippen LogP contribution in [0.3, 0.4) is 0 Å². The number of amides is 1. The van der Waals surface area contributed by atoms with Crippen molar-refractivity contribution < 1.29 is 14.3 Å². The maximum atomic E-state index is 12.5. The molecular formula is C22H22N4O4S2. The van der Waals surface area contributed by atoms with Crippen molar-refractivity contribution in [1.82, 2.24) is 15.2 Å². The maximum absolute atomic E-state index is 12.5. The first-order chi connectivity index (χ1) is 15.5. The molecule has 4 rings (SSSR count). The number of benzene rings is 1.